The van der Waals surface area contributed by atoms with Gasteiger partial charge in [-0.15, -0.1) is 0 Å². The lowest BCUT2D eigenvalue weighted by Crippen LogP contribution is -2.36. The van der Waals surface area contributed by atoms with Crippen molar-refractivity contribution in [1.82, 2.24) is 4.98 Å². The van der Waals surface area contributed by atoms with E-state index in [0.717, 1.165) is 59.2 Å². The number of carbonyl (C=O) groups excluding carboxylic acids is 1. The number of hydrogen-bond acceptors (Lipinski definition) is 5. The van der Waals surface area contributed by atoms with Crippen LogP contribution in [0, 0.1) is 17.8 Å². The molecule has 0 spiro atoms. The van der Waals surface area contributed by atoms with E-state index in [9.17, 15) is 4.79 Å². The molecule has 3 atom stereocenters. The lowest BCUT2D eigenvalue weighted by Gasteiger charge is -2.25. The molecule has 26 heavy (non-hydrogen) atoms. The molecule has 1 aromatic heterocycles. The zero-order valence-electron chi connectivity index (χ0n) is 14.9. The Kier molecular flexibility index (Phi) is 4.33. The smallest absolute Gasteiger partial charge is 0.224 e. The Hall–Kier alpha value is -1.66. The number of amides is 1. The van der Waals surface area contributed by atoms with E-state index in [1.54, 1.807) is 11.3 Å². The molecule has 1 amide bonds. The average Bonchev–Trinajstić information content (AvgIpc) is 3.37. The maximum Gasteiger partial charge on any atom is 0.224 e. The fourth-order valence-electron chi connectivity index (χ4n) is 4.96. The summed E-state index contributed by atoms with van der Waals surface area (Å²) >= 11 is 1.70. The van der Waals surface area contributed by atoms with Gasteiger partial charge in [-0.1, -0.05) is 17.8 Å². The van der Waals surface area contributed by atoms with Gasteiger partial charge in [0.15, 0.2) is 5.13 Å². The topological polar surface area (TPSA) is 54.5 Å². The number of fused-ring (bicyclic) bond motifs is 3. The van der Waals surface area contributed by atoms with Gasteiger partial charge in [0.05, 0.1) is 23.4 Å². The molecular formula is C20H25N3O2S. The molecule has 2 saturated carbocycles. The molecule has 5 rings (SSSR count). The van der Waals surface area contributed by atoms with Crippen molar-refractivity contribution in [1.29, 1.82) is 0 Å². The second kappa shape index (κ2) is 6.82. The SMILES string of the molecule is O=C(C[C@@H]1C[C@H]2CC[C@H]1C2)Nc1ccc2nc(N3CCOCC3)sc2c1. The van der Waals surface area contributed by atoms with Gasteiger partial charge in [0.2, 0.25) is 5.91 Å². The van der Waals surface area contributed by atoms with Gasteiger partial charge in [0.1, 0.15) is 0 Å². The highest BCUT2D eigenvalue weighted by Gasteiger charge is 2.40. The van der Waals surface area contributed by atoms with Crippen LogP contribution in [0.3, 0.4) is 0 Å². The Morgan fingerprint density at radius 1 is 1.27 bits per heavy atom. The minimum absolute atomic E-state index is 0.166. The summed E-state index contributed by atoms with van der Waals surface area (Å²) in [5.41, 5.74) is 1.89. The average molecular weight is 372 g/mol. The molecule has 2 aliphatic carbocycles. The molecule has 1 saturated heterocycles. The summed E-state index contributed by atoms with van der Waals surface area (Å²) in [6, 6.07) is 6.06. The molecule has 3 aliphatic rings. The highest BCUT2D eigenvalue weighted by atomic mass is 32.1. The number of carbonyl (C=O) groups is 1. The number of aromatic nitrogens is 1. The van der Waals surface area contributed by atoms with Crippen molar-refractivity contribution in [2.24, 2.45) is 17.8 Å². The normalized spacial score (nSPS) is 28.0. The Morgan fingerprint density at radius 2 is 2.15 bits per heavy atom. The van der Waals surface area contributed by atoms with Crippen LogP contribution in [0.5, 0.6) is 0 Å². The number of anilines is 2. The van der Waals surface area contributed by atoms with Crippen LogP contribution >= 0.6 is 11.3 Å². The minimum Gasteiger partial charge on any atom is -0.378 e. The van der Waals surface area contributed by atoms with Crippen molar-refractivity contribution in [3.05, 3.63) is 18.2 Å². The zero-order valence-corrected chi connectivity index (χ0v) is 15.8. The molecule has 1 N–H and O–H groups in total. The lowest BCUT2D eigenvalue weighted by molar-refractivity contribution is -0.117. The first-order valence-corrected chi connectivity index (χ1v) is 10.6. The van der Waals surface area contributed by atoms with E-state index in [-0.39, 0.29) is 5.91 Å². The second-order valence-electron chi connectivity index (χ2n) is 7.97. The quantitative estimate of drug-likeness (QED) is 0.886. The Morgan fingerprint density at radius 3 is 2.92 bits per heavy atom. The van der Waals surface area contributed by atoms with E-state index in [0.29, 0.717) is 12.3 Å². The molecule has 0 unspecified atom stereocenters. The number of nitrogens with zero attached hydrogens (tertiary/aromatic N) is 2. The number of thiazole rings is 1. The number of benzene rings is 1. The van der Waals surface area contributed by atoms with E-state index >= 15 is 0 Å². The predicted octanol–water partition coefficient (Wildman–Crippen LogP) is 3.90. The highest BCUT2D eigenvalue weighted by molar-refractivity contribution is 7.22. The monoisotopic (exact) mass is 371 g/mol. The first kappa shape index (κ1) is 16.5. The third-order valence-corrected chi connectivity index (χ3v) is 7.35. The van der Waals surface area contributed by atoms with Crippen molar-refractivity contribution in [2.75, 3.05) is 36.5 Å². The Labute approximate surface area is 157 Å². The van der Waals surface area contributed by atoms with Gasteiger partial charge >= 0.3 is 0 Å². The van der Waals surface area contributed by atoms with E-state index in [1.807, 2.05) is 12.1 Å². The zero-order chi connectivity index (χ0) is 17.5. The van der Waals surface area contributed by atoms with E-state index in [1.165, 1.54) is 25.7 Å². The number of hydrogen-bond donors (Lipinski definition) is 1. The fraction of sp³-hybridized carbons (Fsp3) is 0.600. The van der Waals surface area contributed by atoms with Crippen LogP contribution in [-0.4, -0.2) is 37.2 Å². The molecule has 0 radical (unpaired) electrons. The van der Waals surface area contributed by atoms with Gasteiger partial charge in [-0.25, -0.2) is 4.98 Å². The van der Waals surface area contributed by atoms with E-state index in [2.05, 4.69) is 16.3 Å². The summed E-state index contributed by atoms with van der Waals surface area (Å²) in [5.74, 6) is 2.46. The van der Waals surface area contributed by atoms with Gasteiger partial charge in [-0.05, 0) is 55.2 Å². The third kappa shape index (κ3) is 3.21. The van der Waals surface area contributed by atoms with Gasteiger partial charge < -0.3 is 15.0 Å². The molecule has 3 fully saturated rings. The van der Waals surface area contributed by atoms with Gasteiger partial charge in [0.25, 0.3) is 0 Å². The molecule has 2 aromatic rings. The summed E-state index contributed by atoms with van der Waals surface area (Å²) in [6.07, 6.45) is 6.01. The van der Waals surface area contributed by atoms with Crippen LogP contribution in [0.4, 0.5) is 10.8 Å². The second-order valence-corrected chi connectivity index (χ2v) is 8.97. The van der Waals surface area contributed by atoms with Crippen molar-refractivity contribution in [3.63, 3.8) is 0 Å². The molecule has 138 valence electrons. The third-order valence-electron chi connectivity index (χ3n) is 6.27. The number of nitrogens with one attached hydrogen (secondary N) is 1. The summed E-state index contributed by atoms with van der Waals surface area (Å²) in [5, 5.41) is 4.17. The van der Waals surface area contributed by atoms with Crippen LogP contribution < -0.4 is 10.2 Å². The van der Waals surface area contributed by atoms with Crippen LogP contribution in [0.1, 0.15) is 32.1 Å². The minimum atomic E-state index is 0.166. The summed E-state index contributed by atoms with van der Waals surface area (Å²) in [4.78, 5) is 19.5. The molecule has 5 nitrogen and oxygen atoms in total. The van der Waals surface area contributed by atoms with Crippen LogP contribution in [0.15, 0.2) is 18.2 Å². The van der Waals surface area contributed by atoms with Crippen LogP contribution in [0.25, 0.3) is 10.2 Å². The molecule has 6 heteroatoms. The van der Waals surface area contributed by atoms with Gasteiger partial charge in [0, 0.05) is 25.2 Å². The summed E-state index contributed by atoms with van der Waals surface area (Å²) in [7, 11) is 0. The highest BCUT2D eigenvalue weighted by Crippen LogP contribution is 2.49. The number of rotatable bonds is 4. The first-order chi connectivity index (χ1) is 12.7. The molecular weight excluding hydrogens is 346 g/mol. The van der Waals surface area contributed by atoms with E-state index < -0.39 is 0 Å². The van der Waals surface area contributed by atoms with Crippen molar-refractivity contribution < 1.29 is 9.53 Å². The van der Waals surface area contributed by atoms with E-state index in [4.69, 9.17) is 9.72 Å². The molecule has 1 aliphatic heterocycles. The number of morpholine rings is 1. The lowest BCUT2D eigenvalue weighted by atomic mass is 9.86. The largest absolute Gasteiger partial charge is 0.378 e. The number of ether oxygens (including phenoxy) is 1. The van der Waals surface area contributed by atoms with Crippen LogP contribution in [-0.2, 0) is 9.53 Å². The van der Waals surface area contributed by atoms with Crippen LogP contribution in [0.2, 0.25) is 0 Å². The maximum atomic E-state index is 12.5. The standard InChI is InChI=1S/C20H25N3O2S/c24-19(11-15-10-13-1-2-14(15)9-13)21-16-3-4-17-18(12-16)26-20(22-17)23-5-7-25-8-6-23/h3-4,12-15H,1-2,5-11H2,(H,21,24)/t13-,14-,15-/m0/s1. The van der Waals surface area contributed by atoms with Gasteiger partial charge in [-0.3, -0.25) is 4.79 Å². The molecule has 2 bridgehead atoms. The molecule has 2 heterocycles. The Balaban J connectivity index is 1.26. The first-order valence-electron chi connectivity index (χ1n) is 9.78. The fourth-order valence-corrected chi connectivity index (χ4v) is 6.01. The maximum absolute atomic E-state index is 12.5. The Bertz CT molecular complexity index is 814. The van der Waals surface area contributed by atoms with Crippen molar-refractivity contribution >= 4 is 38.3 Å². The molecule has 1 aromatic carbocycles. The van der Waals surface area contributed by atoms with Gasteiger partial charge in [-0.2, -0.15) is 0 Å². The van der Waals surface area contributed by atoms with Crippen molar-refractivity contribution in [3.8, 4) is 0 Å². The predicted molar refractivity (Wildman–Crippen MR) is 105 cm³/mol. The summed E-state index contributed by atoms with van der Waals surface area (Å²) in [6.45, 7) is 3.32. The summed E-state index contributed by atoms with van der Waals surface area (Å²) < 4.78 is 6.55. The van der Waals surface area contributed by atoms with Crippen molar-refractivity contribution in [2.45, 2.75) is 32.1 Å².